The van der Waals surface area contributed by atoms with E-state index in [4.69, 9.17) is 4.42 Å². The van der Waals surface area contributed by atoms with E-state index in [1.54, 1.807) is 0 Å². The van der Waals surface area contributed by atoms with E-state index >= 15 is 0 Å². The van der Waals surface area contributed by atoms with Crippen molar-refractivity contribution in [1.82, 2.24) is 0 Å². The highest BCUT2D eigenvalue weighted by Crippen LogP contribution is 2.44. The lowest BCUT2D eigenvalue weighted by atomic mass is 9.84. The highest BCUT2D eigenvalue weighted by Gasteiger charge is 2.21. The molecule has 7 aromatic carbocycles. The minimum absolute atomic E-state index is 0.226. The molecule has 0 amide bonds. The number of fused-ring (bicyclic) bond motifs is 3. The van der Waals surface area contributed by atoms with E-state index in [1.807, 2.05) is 6.07 Å². The molecule has 8 aromatic rings. The van der Waals surface area contributed by atoms with E-state index in [1.165, 1.54) is 48.8 Å². The van der Waals surface area contributed by atoms with Crippen LogP contribution in [-0.2, 0) is 0 Å². The van der Waals surface area contributed by atoms with Gasteiger partial charge < -0.3 is 14.2 Å². The van der Waals surface area contributed by atoms with Crippen LogP contribution in [0.25, 0.3) is 21.9 Å². The molecule has 0 spiro atoms. The van der Waals surface area contributed by atoms with Crippen molar-refractivity contribution in [2.24, 2.45) is 0 Å². The highest BCUT2D eigenvalue weighted by molar-refractivity contribution is 6.13. The molecule has 3 nitrogen and oxygen atoms in total. The Morgan fingerprint density at radius 2 is 0.943 bits per heavy atom. The molecule has 1 heterocycles. The van der Waals surface area contributed by atoms with Crippen molar-refractivity contribution >= 4 is 56.1 Å². The molecule has 0 N–H and O–H groups in total. The molecule has 0 saturated heterocycles. The molecule has 9 rings (SSSR count). The first-order valence-electron chi connectivity index (χ1n) is 19.1. The zero-order valence-electron chi connectivity index (χ0n) is 30.2. The number of nitrogens with zero attached hydrogens (tertiary/aromatic N) is 2. The maximum absolute atomic E-state index is 6.36. The van der Waals surface area contributed by atoms with E-state index in [2.05, 4.69) is 187 Å². The number of para-hydroxylation sites is 3. The van der Waals surface area contributed by atoms with E-state index in [0.29, 0.717) is 5.92 Å². The van der Waals surface area contributed by atoms with Crippen LogP contribution in [0, 0.1) is 0 Å². The normalized spacial score (nSPS) is 14.0. The second-order valence-electron chi connectivity index (χ2n) is 14.4. The van der Waals surface area contributed by atoms with Gasteiger partial charge in [-0.25, -0.2) is 0 Å². The van der Waals surface area contributed by atoms with Gasteiger partial charge in [0.1, 0.15) is 11.2 Å². The van der Waals surface area contributed by atoms with Gasteiger partial charge in [0.25, 0.3) is 0 Å². The summed E-state index contributed by atoms with van der Waals surface area (Å²) in [5, 5.41) is 2.27. The Balaban J connectivity index is 1.05. The van der Waals surface area contributed by atoms with Crippen LogP contribution in [0.2, 0.25) is 0 Å². The van der Waals surface area contributed by atoms with Crippen molar-refractivity contribution in [2.45, 2.75) is 50.9 Å². The molecule has 1 aromatic heterocycles. The summed E-state index contributed by atoms with van der Waals surface area (Å²) in [4.78, 5) is 4.71. The fraction of sp³-hybridized carbons (Fsp3) is 0.160. The molecule has 0 bridgehead atoms. The van der Waals surface area contributed by atoms with Gasteiger partial charge in [0.05, 0.1) is 11.1 Å². The fourth-order valence-electron chi connectivity index (χ4n) is 8.32. The lowest BCUT2D eigenvalue weighted by molar-refractivity contribution is 0.443. The van der Waals surface area contributed by atoms with Crippen molar-refractivity contribution in [2.75, 3.05) is 9.80 Å². The minimum atomic E-state index is 0.226. The Kier molecular flexibility index (Phi) is 8.99. The number of furan rings is 1. The molecular weight excluding hydrogens is 645 g/mol. The fourth-order valence-corrected chi connectivity index (χ4v) is 8.32. The second kappa shape index (κ2) is 14.5. The highest BCUT2D eigenvalue weighted by atomic mass is 16.3. The summed E-state index contributed by atoms with van der Waals surface area (Å²) >= 11 is 0. The van der Waals surface area contributed by atoms with Gasteiger partial charge in [-0.3, -0.25) is 0 Å². The predicted molar refractivity (Wildman–Crippen MR) is 223 cm³/mol. The first kappa shape index (κ1) is 32.8. The van der Waals surface area contributed by atoms with Crippen molar-refractivity contribution in [3.63, 3.8) is 0 Å². The van der Waals surface area contributed by atoms with Gasteiger partial charge in [0, 0.05) is 39.7 Å². The Hall–Kier alpha value is -6.06. The third kappa shape index (κ3) is 6.49. The SMILES string of the molecule is CC(c1ccc(N(c2ccccc2)c2ccccc2)cc1)c1ccc(N(c2ccc(C3CCCCC3)cc2)c2cccc3oc4ccccc4c23)cc1. The number of benzene rings is 7. The molecular formula is C50H44N2O. The summed E-state index contributed by atoms with van der Waals surface area (Å²) < 4.78 is 6.36. The van der Waals surface area contributed by atoms with Crippen LogP contribution >= 0.6 is 0 Å². The van der Waals surface area contributed by atoms with E-state index in [0.717, 1.165) is 56.1 Å². The molecule has 53 heavy (non-hydrogen) atoms. The van der Waals surface area contributed by atoms with Crippen LogP contribution < -0.4 is 9.80 Å². The summed E-state index contributed by atoms with van der Waals surface area (Å²) in [6, 6.07) is 63.5. The van der Waals surface area contributed by atoms with E-state index in [-0.39, 0.29) is 5.92 Å². The van der Waals surface area contributed by atoms with Crippen LogP contribution in [0.15, 0.2) is 180 Å². The molecule has 1 aliphatic rings. The van der Waals surface area contributed by atoms with Crippen molar-refractivity contribution in [3.8, 4) is 0 Å². The Bertz CT molecular complexity index is 2390. The third-order valence-corrected chi connectivity index (χ3v) is 11.2. The predicted octanol–water partition coefficient (Wildman–Crippen LogP) is 14.7. The average Bonchev–Trinajstić information content (AvgIpc) is 3.62. The molecule has 0 radical (unpaired) electrons. The molecule has 1 saturated carbocycles. The Morgan fingerprint density at radius 1 is 0.453 bits per heavy atom. The Morgan fingerprint density at radius 3 is 1.55 bits per heavy atom. The zero-order valence-corrected chi connectivity index (χ0v) is 30.2. The van der Waals surface area contributed by atoms with Crippen molar-refractivity contribution in [1.29, 1.82) is 0 Å². The summed E-state index contributed by atoms with van der Waals surface area (Å²) in [6.07, 6.45) is 6.63. The number of anilines is 6. The van der Waals surface area contributed by atoms with E-state index in [9.17, 15) is 0 Å². The monoisotopic (exact) mass is 688 g/mol. The molecule has 1 atom stereocenters. The minimum Gasteiger partial charge on any atom is -0.456 e. The van der Waals surface area contributed by atoms with Gasteiger partial charge in [0.15, 0.2) is 0 Å². The Labute approximate surface area is 312 Å². The van der Waals surface area contributed by atoms with E-state index < -0.39 is 0 Å². The lowest BCUT2D eigenvalue weighted by Crippen LogP contribution is -2.11. The first-order chi connectivity index (χ1) is 26.2. The summed E-state index contributed by atoms with van der Waals surface area (Å²) in [5.41, 5.74) is 12.7. The summed E-state index contributed by atoms with van der Waals surface area (Å²) in [5.74, 6) is 0.895. The molecule has 1 aliphatic carbocycles. The van der Waals surface area contributed by atoms with Crippen LogP contribution in [0.4, 0.5) is 34.1 Å². The van der Waals surface area contributed by atoms with Crippen LogP contribution in [-0.4, -0.2) is 0 Å². The van der Waals surface area contributed by atoms with Crippen LogP contribution in [0.1, 0.15) is 67.6 Å². The van der Waals surface area contributed by atoms with Crippen molar-refractivity contribution < 1.29 is 4.42 Å². The second-order valence-corrected chi connectivity index (χ2v) is 14.4. The molecule has 260 valence electrons. The number of hydrogen-bond donors (Lipinski definition) is 0. The van der Waals surface area contributed by atoms with Gasteiger partial charge in [-0.1, -0.05) is 123 Å². The van der Waals surface area contributed by atoms with Crippen LogP contribution in [0.5, 0.6) is 0 Å². The van der Waals surface area contributed by atoms with Gasteiger partial charge in [-0.2, -0.15) is 0 Å². The first-order valence-corrected chi connectivity index (χ1v) is 19.1. The number of hydrogen-bond acceptors (Lipinski definition) is 3. The summed E-state index contributed by atoms with van der Waals surface area (Å²) in [7, 11) is 0. The quantitative estimate of drug-likeness (QED) is 0.150. The zero-order chi connectivity index (χ0) is 35.6. The topological polar surface area (TPSA) is 19.6 Å². The van der Waals surface area contributed by atoms with Crippen molar-refractivity contribution in [3.05, 3.63) is 193 Å². The van der Waals surface area contributed by atoms with Gasteiger partial charge in [-0.15, -0.1) is 0 Å². The lowest BCUT2D eigenvalue weighted by Gasteiger charge is -2.28. The maximum atomic E-state index is 6.36. The smallest absolute Gasteiger partial charge is 0.137 e. The van der Waals surface area contributed by atoms with Crippen LogP contribution in [0.3, 0.4) is 0 Å². The standard InChI is InChI=1S/C50H44N2O/c1-36(37-24-30-43(31-25-37)51(41-16-7-3-8-17-41)42-18-9-4-10-19-42)38-26-32-44(33-27-38)52(45-34-28-40(29-35-45)39-14-5-2-6-15-39)47-21-13-23-49-50(47)46-20-11-12-22-48(46)53-49/h3-4,7-13,16-36,39H,2,5-6,14-15H2,1H3. The van der Waals surface area contributed by atoms with Gasteiger partial charge in [0.2, 0.25) is 0 Å². The summed E-state index contributed by atoms with van der Waals surface area (Å²) in [6.45, 7) is 2.30. The third-order valence-electron chi connectivity index (χ3n) is 11.2. The molecule has 1 unspecified atom stereocenters. The molecule has 3 heteroatoms. The largest absolute Gasteiger partial charge is 0.456 e. The molecule has 1 fully saturated rings. The van der Waals surface area contributed by atoms with Gasteiger partial charge >= 0.3 is 0 Å². The van der Waals surface area contributed by atoms with Gasteiger partial charge in [-0.05, 0) is 114 Å². The molecule has 0 aliphatic heterocycles. The average molecular weight is 689 g/mol. The maximum Gasteiger partial charge on any atom is 0.137 e. The number of rotatable bonds is 9.